The molecule has 158 valence electrons. The highest BCUT2D eigenvalue weighted by Crippen LogP contribution is 2.40. The number of hydrogen-bond donors (Lipinski definition) is 0. The van der Waals surface area contributed by atoms with E-state index in [1.807, 2.05) is 19.1 Å². The van der Waals surface area contributed by atoms with Gasteiger partial charge in [-0.3, -0.25) is 4.79 Å². The van der Waals surface area contributed by atoms with Crippen molar-refractivity contribution in [2.24, 2.45) is 5.41 Å². The highest BCUT2D eigenvalue weighted by atomic mass is 32.2. The molecule has 0 fully saturated rings. The Labute approximate surface area is 176 Å². The van der Waals surface area contributed by atoms with E-state index in [4.69, 9.17) is 0 Å². The van der Waals surface area contributed by atoms with E-state index >= 15 is 0 Å². The Kier molecular flexibility index (Phi) is 9.51. The highest BCUT2D eigenvalue weighted by Gasteiger charge is 2.26. The Hall–Kier alpha value is -2.20. The molecule has 0 aromatic carbocycles. The summed E-state index contributed by atoms with van der Waals surface area (Å²) in [6.07, 6.45) is 19.0. The van der Waals surface area contributed by atoms with Gasteiger partial charge in [-0.25, -0.2) is 8.42 Å². The normalized spacial score (nSPS) is 18.9. The van der Waals surface area contributed by atoms with Gasteiger partial charge >= 0.3 is 0 Å². The van der Waals surface area contributed by atoms with E-state index in [0.29, 0.717) is 5.57 Å². The zero-order valence-electron chi connectivity index (χ0n) is 18.4. The molecule has 0 saturated heterocycles. The van der Waals surface area contributed by atoms with Gasteiger partial charge in [-0.2, -0.15) is 0 Å². The molecule has 0 bridgehead atoms. The zero-order valence-corrected chi connectivity index (χ0v) is 19.2. The first-order chi connectivity index (χ1) is 13.5. The lowest BCUT2D eigenvalue weighted by Crippen LogP contribution is -2.19. The third-order valence-corrected chi connectivity index (χ3v) is 6.38. The lowest BCUT2D eigenvalue weighted by atomic mass is 9.72. The molecule has 3 nitrogen and oxygen atoms in total. The Morgan fingerprint density at radius 2 is 1.83 bits per heavy atom. The lowest BCUT2D eigenvalue weighted by Gasteiger charge is -2.32. The first-order valence-electron chi connectivity index (χ1n) is 9.95. The molecular weight excluding hydrogens is 380 g/mol. The minimum atomic E-state index is -3.82. The second-order valence-corrected chi connectivity index (χ2v) is 10.2. The Balaban J connectivity index is 2.81. The third kappa shape index (κ3) is 8.36. The summed E-state index contributed by atoms with van der Waals surface area (Å²) in [5.74, 6) is -0.319. The van der Waals surface area contributed by atoms with Gasteiger partial charge in [0.25, 0.3) is 5.12 Å². The molecule has 0 aromatic heterocycles. The van der Waals surface area contributed by atoms with Gasteiger partial charge < -0.3 is 0 Å². The van der Waals surface area contributed by atoms with Crippen LogP contribution in [0.3, 0.4) is 0 Å². The van der Waals surface area contributed by atoms with Gasteiger partial charge in [0.15, 0.2) is 0 Å². The molecule has 0 unspecified atom stereocenters. The van der Waals surface area contributed by atoms with Crippen LogP contribution in [0.4, 0.5) is 0 Å². The van der Waals surface area contributed by atoms with Crippen molar-refractivity contribution in [2.45, 2.75) is 53.9 Å². The van der Waals surface area contributed by atoms with Crippen LogP contribution in [0.25, 0.3) is 0 Å². The van der Waals surface area contributed by atoms with E-state index in [2.05, 4.69) is 39.5 Å². The van der Waals surface area contributed by atoms with Crippen molar-refractivity contribution in [1.82, 2.24) is 0 Å². The summed E-state index contributed by atoms with van der Waals surface area (Å²) >= 11 is 0. The minimum Gasteiger partial charge on any atom is -0.277 e. The monoisotopic (exact) mass is 414 g/mol. The van der Waals surface area contributed by atoms with Gasteiger partial charge in [0, 0.05) is 6.08 Å². The summed E-state index contributed by atoms with van der Waals surface area (Å²) in [4.78, 5) is 11.9. The smallest absolute Gasteiger partial charge is 0.270 e. The minimum absolute atomic E-state index is 0.209. The molecule has 0 amide bonds. The fourth-order valence-electron chi connectivity index (χ4n) is 3.32. The van der Waals surface area contributed by atoms with Gasteiger partial charge in [-0.05, 0) is 56.6 Å². The summed E-state index contributed by atoms with van der Waals surface area (Å²) in [5, 5.41) is -0.879. The summed E-state index contributed by atoms with van der Waals surface area (Å²) in [7, 11) is -3.82. The van der Waals surface area contributed by atoms with Crippen LogP contribution >= 0.6 is 0 Å². The summed E-state index contributed by atoms with van der Waals surface area (Å²) < 4.78 is 23.8. The highest BCUT2D eigenvalue weighted by molar-refractivity contribution is 8.06. The third-order valence-electron chi connectivity index (χ3n) is 5.01. The van der Waals surface area contributed by atoms with Crippen molar-refractivity contribution in [2.75, 3.05) is 5.75 Å². The average Bonchev–Trinajstić information content (AvgIpc) is 2.60. The van der Waals surface area contributed by atoms with Crippen molar-refractivity contribution in [1.29, 1.82) is 0 Å². The fraction of sp³-hybridized carbons (Fsp3) is 0.400. The van der Waals surface area contributed by atoms with E-state index in [9.17, 15) is 13.2 Å². The van der Waals surface area contributed by atoms with Gasteiger partial charge in [-0.1, -0.05) is 80.2 Å². The zero-order chi connectivity index (χ0) is 22.1. The maximum Gasteiger partial charge on any atom is 0.270 e. The average molecular weight is 415 g/mol. The van der Waals surface area contributed by atoms with Gasteiger partial charge in [0.1, 0.15) is 0 Å². The molecule has 0 saturated carbocycles. The second kappa shape index (κ2) is 11.1. The molecule has 4 heteroatoms. The van der Waals surface area contributed by atoms with Crippen LogP contribution in [-0.2, 0) is 14.6 Å². The Morgan fingerprint density at radius 1 is 1.14 bits per heavy atom. The molecule has 1 rings (SSSR count). The number of carbonyl (C=O) groups excluding carboxylic acids is 1. The van der Waals surface area contributed by atoms with Crippen molar-refractivity contribution in [3.05, 3.63) is 83.6 Å². The summed E-state index contributed by atoms with van der Waals surface area (Å²) in [6.45, 7) is 14.0. The SMILES string of the molecule is C=C/C=C/CS(=O)(=O)C(=O)/C=C(C)/C=C/C=C(C)/C=C/C1=C(C)CCCC1(C)C. The number of sulfone groups is 1. The summed E-state index contributed by atoms with van der Waals surface area (Å²) in [5.41, 5.74) is 4.76. The topological polar surface area (TPSA) is 51.2 Å². The predicted octanol–water partition coefficient (Wildman–Crippen LogP) is 6.20. The predicted molar refractivity (Wildman–Crippen MR) is 124 cm³/mol. The number of rotatable bonds is 8. The maximum atomic E-state index is 11.9. The maximum absolute atomic E-state index is 11.9. The number of hydrogen-bond acceptors (Lipinski definition) is 3. The molecule has 1 aliphatic carbocycles. The van der Waals surface area contributed by atoms with Gasteiger partial charge in [0.05, 0.1) is 5.75 Å². The van der Waals surface area contributed by atoms with E-state index in [0.717, 1.165) is 18.1 Å². The van der Waals surface area contributed by atoms with Crippen LogP contribution in [0.1, 0.15) is 53.9 Å². The van der Waals surface area contributed by atoms with Crippen LogP contribution in [0, 0.1) is 5.41 Å². The van der Waals surface area contributed by atoms with Crippen LogP contribution in [0.5, 0.6) is 0 Å². The molecule has 29 heavy (non-hydrogen) atoms. The van der Waals surface area contributed by atoms with Crippen molar-refractivity contribution in [3.63, 3.8) is 0 Å². The van der Waals surface area contributed by atoms with Crippen molar-refractivity contribution < 1.29 is 13.2 Å². The van der Waals surface area contributed by atoms with Crippen molar-refractivity contribution in [3.8, 4) is 0 Å². The Bertz CT molecular complexity index is 902. The molecule has 1 aliphatic rings. The molecule has 0 heterocycles. The molecular formula is C25H34O3S. The largest absolute Gasteiger partial charge is 0.277 e. The first kappa shape index (κ1) is 24.8. The van der Waals surface area contributed by atoms with Crippen molar-refractivity contribution >= 4 is 15.0 Å². The number of carbonyl (C=O) groups is 1. The quantitative estimate of drug-likeness (QED) is 0.351. The van der Waals surface area contributed by atoms with E-state index in [-0.39, 0.29) is 11.2 Å². The first-order valence-corrected chi connectivity index (χ1v) is 11.6. The number of allylic oxidation sites excluding steroid dienone is 11. The molecule has 0 N–H and O–H groups in total. The van der Waals surface area contributed by atoms with Gasteiger partial charge in [-0.15, -0.1) is 0 Å². The fourth-order valence-corrected chi connectivity index (χ4v) is 4.21. The van der Waals surface area contributed by atoms with E-state index in [1.165, 1.54) is 42.2 Å². The van der Waals surface area contributed by atoms with E-state index in [1.54, 1.807) is 13.0 Å². The molecule has 0 atom stereocenters. The summed E-state index contributed by atoms with van der Waals surface area (Å²) in [6, 6.07) is 0. The van der Waals surface area contributed by atoms with Gasteiger partial charge in [0.2, 0.25) is 9.84 Å². The lowest BCUT2D eigenvalue weighted by molar-refractivity contribution is -0.107. The standard InChI is InChI=1S/C25H34O3S/c1-7-8-9-18-29(27,28)24(26)19-21(3)13-10-12-20(2)15-16-23-22(4)14-11-17-25(23,5)6/h7-10,12-13,15-16,19H,1,11,14,17-18H2,2-6H3/b9-8+,13-10+,16-15+,20-12+,21-19+. The molecule has 0 aromatic rings. The molecule has 0 aliphatic heterocycles. The van der Waals surface area contributed by atoms with Crippen LogP contribution < -0.4 is 0 Å². The Morgan fingerprint density at radius 3 is 2.45 bits per heavy atom. The van der Waals surface area contributed by atoms with E-state index < -0.39 is 15.0 Å². The second-order valence-electron chi connectivity index (χ2n) is 8.19. The molecule has 0 radical (unpaired) electrons. The van der Waals surface area contributed by atoms with Crippen LogP contribution in [0.2, 0.25) is 0 Å². The molecule has 0 spiro atoms. The van der Waals surface area contributed by atoms with Crippen LogP contribution in [0.15, 0.2) is 83.6 Å². The van der Waals surface area contributed by atoms with Crippen LogP contribution in [-0.4, -0.2) is 19.3 Å².